The molecule has 0 saturated carbocycles. The minimum Gasteiger partial charge on any atom is -0.210 e. The first-order valence-electron chi connectivity index (χ1n) is 6.40. The average molecular weight is 344 g/mol. The van der Waals surface area contributed by atoms with E-state index in [2.05, 4.69) is 4.72 Å². The van der Waals surface area contributed by atoms with Crippen molar-refractivity contribution in [1.82, 2.24) is 4.72 Å². The van der Waals surface area contributed by atoms with Gasteiger partial charge in [-0.25, -0.2) is 13.1 Å². The van der Waals surface area contributed by atoms with Crippen LogP contribution >= 0.6 is 23.2 Å². The van der Waals surface area contributed by atoms with Gasteiger partial charge in [0, 0.05) is 6.54 Å². The predicted octanol–water partition coefficient (Wildman–Crippen LogP) is 4.08. The monoisotopic (exact) mass is 343 g/mol. The molecule has 0 aliphatic rings. The van der Waals surface area contributed by atoms with E-state index in [1.165, 1.54) is 12.1 Å². The van der Waals surface area contributed by atoms with E-state index in [0.29, 0.717) is 0 Å². The van der Waals surface area contributed by atoms with Crippen LogP contribution in [0.5, 0.6) is 0 Å². The van der Waals surface area contributed by atoms with Crippen molar-refractivity contribution < 1.29 is 8.42 Å². The molecule has 0 aliphatic heterocycles. The topological polar surface area (TPSA) is 46.2 Å². The highest BCUT2D eigenvalue weighted by molar-refractivity contribution is 7.89. The average Bonchev–Trinajstić information content (AvgIpc) is 2.45. The summed E-state index contributed by atoms with van der Waals surface area (Å²) >= 11 is 11.9. The first-order chi connectivity index (χ1) is 9.92. The standard InChI is InChI=1S/C15H15Cl2NO2S/c1-11(12-6-3-2-4-7-12)10-18-21(19,20)15-13(16)8-5-9-14(15)17/h2-9,11,18H,10H2,1H3/t11-/m0/s1. The minimum atomic E-state index is -3.74. The first-order valence-corrected chi connectivity index (χ1v) is 8.64. The van der Waals surface area contributed by atoms with Crippen LogP contribution in [0.25, 0.3) is 0 Å². The molecular weight excluding hydrogens is 329 g/mol. The maximum absolute atomic E-state index is 12.3. The zero-order valence-electron chi connectivity index (χ0n) is 11.4. The molecule has 112 valence electrons. The van der Waals surface area contributed by atoms with Crippen molar-refractivity contribution in [3.05, 3.63) is 64.1 Å². The van der Waals surface area contributed by atoms with Gasteiger partial charge in [-0.15, -0.1) is 0 Å². The van der Waals surface area contributed by atoms with Gasteiger partial charge in [-0.3, -0.25) is 0 Å². The number of hydrogen-bond donors (Lipinski definition) is 1. The highest BCUT2D eigenvalue weighted by atomic mass is 35.5. The molecule has 0 saturated heterocycles. The molecule has 0 aromatic heterocycles. The second-order valence-corrected chi connectivity index (χ2v) is 7.23. The Bertz CT molecular complexity index is 697. The maximum Gasteiger partial charge on any atom is 0.243 e. The number of halogens is 2. The normalized spacial score (nSPS) is 13.1. The van der Waals surface area contributed by atoms with Crippen LogP contribution in [0.4, 0.5) is 0 Å². The number of nitrogens with one attached hydrogen (secondary N) is 1. The lowest BCUT2D eigenvalue weighted by molar-refractivity contribution is 0.575. The van der Waals surface area contributed by atoms with E-state index >= 15 is 0 Å². The number of sulfonamides is 1. The molecular formula is C15H15Cl2NO2S. The fourth-order valence-electron chi connectivity index (χ4n) is 1.95. The van der Waals surface area contributed by atoms with Crippen LogP contribution < -0.4 is 4.72 Å². The molecule has 2 rings (SSSR count). The summed E-state index contributed by atoms with van der Waals surface area (Å²) in [6, 6.07) is 14.3. The van der Waals surface area contributed by atoms with Crippen LogP contribution in [0.1, 0.15) is 18.4 Å². The predicted molar refractivity (Wildman–Crippen MR) is 86.5 cm³/mol. The molecule has 0 fully saturated rings. The molecule has 21 heavy (non-hydrogen) atoms. The van der Waals surface area contributed by atoms with Crippen molar-refractivity contribution in [3.8, 4) is 0 Å². The highest BCUT2D eigenvalue weighted by Gasteiger charge is 2.22. The van der Waals surface area contributed by atoms with Crippen LogP contribution in [-0.2, 0) is 10.0 Å². The fraction of sp³-hybridized carbons (Fsp3) is 0.200. The largest absolute Gasteiger partial charge is 0.243 e. The van der Waals surface area contributed by atoms with Crippen molar-refractivity contribution in [2.45, 2.75) is 17.7 Å². The smallest absolute Gasteiger partial charge is 0.210 e. The van der Waals surface area contributed by atoms with Crippen LogP contribution in [-0.4, -0.2) is 15.0 Å². The second-order valence-electron chi connectivity index (χ2n) is 4.71. The highest BCUT2D eigenvalue weighted by Crippen LogP contribution is 2.29. The van der Waals surface area contributed by atoms with E-state index in [1.807, 2.05) is 37.3 Å². The summed E-state index contributed by atoms with van der Waals surface area (Å²) in [7, 11) is -3.74. The zero-order valence-corrected chi connectivity index (χ0v) is 13.7. The van der Waals surface area contributed by atoms with Crippen LogP contribution in [0, 0.1) is 0 Å². The molecule has 0 heterocycles. The van der Waals surface area contributed by atoms with Gasteiger partial charge in [0.1, 0.15) is 4.90 Å². The van der Waals surface area contributed by atoms with Gasteiger partial charge in [0.15, 0.2) is 0 Å². The Morgan fingerprint density at radius 1 is 1.00 bits per heavy atom. The third kappa shape index (κ3) is 3.98. The van der Waals surface area contributed by atoms with Gasteiger partial charge in [0.05, 0.1) is 10.0 Å². The molecule has 0 bridgehead atoms. The van der Waals surface area contributed by atoms with E-state index in [9.17, 15) is 8.42 Å². The molecule has 1 N–H and O–H groups in total. The van der Waals surface area contributed by atoms with E-state index < -0.39 is 10.0 Å². The molecule has 0 radical (unpaired) electrons. The Kier molecular flexibility index (Phi) is 5.27. The van der Waals surface area contributed by atoms with E-state index in [-0.39, 0.29) is 27.4 Å². The third-order valence-electron chi connectivity index (χ3n) is 3.14. The van der Waals surface area contributed by atoms with Crippen LogP contribution in [0.3, 0.4) is 0 Å². The van der Waals surface area contributed by atoms with Gasteiger partial charge in [-0.1, -0.05) is 66.5 Å². The van der Waals surface area contributed by atoms with Crippen LogP contribution in [0.15, 0.2) is 53.4 Å². The summed E-state index contributed by atoms with van der Waals surface area (Å²) in [6.07, 6.45) is 0. The zero-order chi connectivity index (χ0) is 15.5. The first kappa shape index (κ1) is 16.3. The summed E-state index contributed by atoms with van der Waals surface area (Å²) in [4.78, 5) is -0.0754. The van der Waals surface area contributed by atoms with Gasteiger partial charge < -0.3 is 0 Å². The Morgan fingerprint density at radius 2 is 1.57 bits per heavy atom. The van der Waals surface area contributed by atoms with E-state index in [4.69, 9.17) is 23.2 Å². The molecule has 1 atom stereocenters. The molecule has 3 nitrogen and oxygen atoms in total. The lowest BCUT2D eigenvalue weighted by Crippen LogP contribution is -2.28. The van der Waals surface area contributed by atoms with Gasteiger partial charge in [-0.05, 0) is 23.6 Å². The van der Waals surface area contributed by atoms with E-state index in [0.717, 1.165) is 5.56 Å². The quantitative estimate of drug-likeness (QED) is 0.889. The summed E-state index contributed by atoms with van der Waals surface area (Å²) in [5, 5.41) is 0.227. The van der Waals surface area contributed by atoms with Crippen molar-refractivity contribution in [1.29, 1.82) is 0 Å². The summed E-state index contributed by atoms with van der Waals surface area (Å²) in [6.45, 7) is 2.22. The number of hydrogen-bond acceptors (Lipinski definition) is 2. The Morgan fingerprint density at radius 3 is 2.14 bits per heavy atom. The SMILES string of the molecule is C[C@@H](CNS(=O)(=O)c1c(Cl)cccc1Cl)c1ccccc1. The van der Waals surface area contributed by atoms with Crippen LogP contribution in [0.2, 0.25) is 10.0 Å². The molecule has 2 aromatic rings. The van der Waals surface area contributed by atoms with Crippen molar-refractivity contribution in [2.24, 2.45) is 0 Å². The van der Waals surface area contributed by atoms with Crippen molar-refractivity contribution in [2.75, 3.05) is 6.54 Å². The Labute approximate surface area is 135 Å². The Balaban J connectivity index is 2.16. The molecule has 0 aliphatic carbocycles. The molecule has 0 spiro atoms. The van der Waals surface area contributed by atoms with Gasteiger partial charge in [-0.2, -0.15) is 0 Å². The molecule has 0 unspecified atom stereocenters. The number of rotatable bonds is 5. The second kappa shape index (κ2) is 6.79. The molecule has 0 amide bonds. The summed E-state index contributed by atoms with van der Waals surface area (Å²) in [5.41, 5.74) is 1.06. The maximum atomic E-state index is 12.3. The molecule has 2 aromatic carbocycles. The lowest BCUT2D eigenvalue weighted by atomic mass is 10.0. The fourth-order valence-corrected chi connectivity index (χ4v) is 4.22. The third-order valence-corrected chi connectivity index (χ3v) is 5.51. The minimum absolute atomic E-state index is 0.0437. The summed E-state index contributed by atoms with van der Waals surface area (Å²) < 4.78 is 27.2. The lowest BCUT2D eigenvalue weighted by Gasteiger charge is -2.14. The number of benzene rings is 2. The van der Waals surface area contributed by atoms with Crippen molar-refractivity contribution in [3.63, 3.8) is 0 Å². The van der Waals surface area contributed by atoms with Crippen molar-refractivity contribution >= 4 is 33.2 Å². The summed E-state index contributed by atoms with van der Waals surface area (Å²) in [5.74, 6) is 0.0437. The van der Waals surface area contributed by atoms with Gasteiger partial charge in [0.2, 0.25) is 10.0 Å². The van der Waals surface area contributed by atoms with E-state index in [1.54, 1.807) is 6.07 Å². The van der Waals surface area contributed by atoms with Gasteiger partial charge in [0.25, 0.3) is 0 Å². The molecule has 6 heteroatoms. The van der Waals surface area contributed by atoms with Gasteiger partial charge >= 0.3 is 0 Å². The Hall–Kier alpha value is -1.07.